The number of piperazine rings is 1. The zero-order valence-electron chi connectivity index (χ0n) is 12.2. The lowest BCUT2D eigenvalue weighted by molar-refractivity contribution is 0.0567. The Morgan fingerprint density at radius 1 is 1.14 bits per heavy atom. The molecule has 1 aromatic heterocycles. The van der Waals surface area contributed by atoms with E-state index in [4.69, 9.17) is 5.84 Å². The van der Waals surface area contributed by atoms with Crippen molar-refractivity contribution in [3.63, 3.8) is 0 Å². The summed E-state index contributed by atoms with van der Waals surface area (Å²) in [5, 5.41) is 7.77. The maximum Gasteiger partial charge on any atom is 0.274 e. The molecule has 1 aliphatic heterocycles. The van der Waals surface area contributed by atoms with Gasteiger partial charge in [0.05, 0.1) is 0 Å². The molecule has 7 heteroatoms. The van der Waals surface area contributed by atoms with E-state index in [-0.39, 0.29) is 5.91 Å². The molecule has 0 atom stereocenters. The Labute approximate surface area is 124 Å². The fourth-order valence-electron chi connectivity index (χ4n) is 3.24. The second-order valence-corrected chi connectivity index (χ2v) is 5.71. The van der Waals surface area contributed by atoms with Crippen LogP contribution in [0.1, 0.15) is 36.2 Å². The summed E-state index contributed by atoms with van der Waals surface area (Å²) in [4.78, 5) is 16.8. The van der Waals surface area contributed by atoms with E-state index in [2.05, 4.69) is 20.5 Å². The molecule has 7 nitrogen and oxygen atoms in total. The second-order valence-electron chi connectivity index (χ2n) is 5.71. The van der Waals surface area contributed by atoms with Crippen LogP contribution in [0.5, 0.6) is 0 Å². The van der Waals surface area contributed by atoms with Gasteiger partial charge in [-0.1, -0.05) is 12.8 Å². The maximum absolute atomic E-state index is 12.4. The molecule has 0 spiro atoms. The number of anilines is 1. The molecule has 1 saturated carbocycles. The van der Waals surface area contributed by atoms with Gasteiger partial charge in [-0.05, 0) is 25.0 Å². The van der Waals surface area contributed by atoms with Crippen molar-refractivity contribution < 1.29 is 4.79 Å². The number of nitrogens with zero attached hydrogens (tertiary/aromatic N) is 4. The van der Waals surface area contributed by atoms with E-state index in [1.807, 2.05) is 4.90 Å². The number of hydrogen-bond acceptors (Lipinski definition) is 6. The predicted octanol–water partition coefficient (Wildman–Crippen LogP) is 0.463. The predicted molar refractivity (Wildman–Crippen MR) is 79.6 cm³/mol. The molecule has 2 heterocycles. The van der Waals surface area contributed by atoms with Gasteiger partial charge >= 0.3 is 0 Å². The van der Waals surface area contributed by atoms with Gasteiger partial charge in [-0.2, -0.15) is 0 Å². The molecule has 1 aliphatic carbocycles. The molecule has 0 aromatic carbocycles. The third-order valence-electron chi connectivity index (χ3n) is 4.47. The van der Waals surface area contributed by atoms with Crippen molar-refractivity contribution in [2.45, 2.75) is 31.7 Å². The third-order valence-corrected chi connectivity index (χ3v) is 4.47. The van der Waals surface area contributed by atoms with Gasteiger partial charge in [0.25, 0.3) is 5.91 Å². The highest BCUT2D eigenvalue weighted by Crippen LogP contribution is 2.24. The number of carbonyl (C=O) groups is 1. The van der Waals surface area contributed by atoms with Gasteiger partial charge in [0.2, 0.25) is 0 Å². The number of nitrogen functional groups attached to an aromatic ring is 1. The van der Waals surface area contributed by atoms with Crippen LogP contribution in [0.25, 0.3) is 0 Å². The van der Waals surface area contributed by atoms with Crippen LogP contribution in [-0.4, -0.2) is 58.1 Å². The molecule has 0 unspecified atom stereocenters. The molecule has 1 saturated heterocycles. The highest BCUT2D eigenvalue weighted by Gasteiger charge is 2.28. The molecule has 21 heavy (non-hydrogen) atoms. The lowest BCUT2D eigenvalue weighted by atomic mass is 10.1. The van der Waals surface area contributed by atoms with Crippen LogP contribution in [-0.2, 0) is 0 Å². The Morgan fingerprint density at radius 3 is 2.43 bits per heavy atom. The first-order valence-corrected chi connectivity index (χ1v) is 7.61. The minimum atomic E-state index is -0.0443. The van der Waals surface area contributed by atoms with Gasteiger partial charge < -0.3 is 10.3 Å². The van der Waals surface area contributed by atoms with Gasteiger partial charge in [-0.25, -0.2) is 5.84 Å². The molecule has 1 amide bonds. The molecule has 3 N–H and O–H groups in total. The zero-order chi connectivity index (χ0) is 14.7. The summed E-state index contributed by atoms with van der Waals surface area (Å²) >= 11 is 0. The lowest BCUT2D eigenvalue weighted by Crippen LogP contribution is -2.51. The van der Waals surface area contributed by atoms with Crippen molar-refractivity contribution in [2.75, 3.05) is 31.6 Å². The maximum atomic E-state index is 12.4. The van der Waals surface area contributed by atoms with Crippen LogP contribution >= 0.6 is 0 Å². The fourth-order valence-corrected chi connectivity index (χ4v) is 3.24. The SMILES string of the molecule is NNc1ccc(C(=O)N2CCN(C3CCCC3)CC2)nn1. The number of rotatable bonds is 3. The fraction of sp³-hybridized carbons (Fsp3) is 0.643. The van der Waals surface area contributed by atoms with Crippen molar-refractivity contribution in [2.24, 2.45) is 5.84 Å². The topological polar surface area (TPSA) is 87.4 Å². The first-order valence-electron chi connectivity index (χ1n) is 7.61. The standard InChI is InChI=1S/C14H22N6O/c15-16-13-6-5-12(17-18-13)14(21)20-9-7-19(8-10-20)11-3-1-2-4-11/h5-6,11H,1-4,7-10,15H2,(H,16,18). The summed E-state index contributed by atoms with van der Waals surface area (Å²) in [6, 6.07) is 4.06. The van der Waals surface area contributed by atoms with Gasteiger partial charge in [0, 0.05) is 32.2 Å². The van der Waals surface area contributed by atoms with Crippen molar-refractivity contribution >= 4 is 11.7 Å². The van der Waals surface area contributed by atoms with E-state index >= 15 is 0 Å². The Morgan fingerprint density at radius 2 is 1.86 bits per heavy atom. The monoisotopic (exact) mass is 290 g/mol. The summed E-state index contributed by atoms with van der Waals surface area (Å²) in [7, 11) is 0. The third kappa shape index (κ3) is 3.14. The van der Waals surface area contributed by atoms with Gasteiger partial charge in [-0.15, -0.1) is 10.2 Å². The quantitative estimate of drug-likeness (QED) is 0.621. The first kappa shape index (κ1) is 14.2. The number of hydrogen-bond donors (Lipinski definition) is 2. The smallest absolute Gasteiger partial charge is 0.274 e. The Kier molecular flexibility index (Phi) is 4.31. The van der Waals surface area contributed by atoms with Crippen molar-refractivity contribution in [3.05, 3.63) is 17.8 Å². The highest BCUT2D eigenvalue weighted by molar-refractivity contribution is 5.92. The minimum Gasteiger partial charge on any atom is -0.335 e. The average Bonchev–Trinajstić information content (AvgIpc) is 3.09. The minimum absolute atomic E-state index is 0.0443. The number of nitrogens with two attached hydrogens (primary N) is 1. The van der Waals surface area contributed by atoms with Crippen molar-refractivity contribution in [1.82, 2.24) is 20.0 Å². The average molecular weight is 290 g/mol. The number of carbonyl (C=O) groups excluding carboxylic acids is 1. The number of amides is 1. The normalized spacial score (nSPS) is 20.7. The molecule has 0 radical (unpaired) electrons. The van der Waals surface area contributed by atoms with Gasteiger partial charge in [0.15, 0.2) is 11.5 Å². The molecule has 1 aromatic rings. The Balaban J connectivity index is 1.56. The van der Waals surface area contributed by atoms with E-state index < -0.39 is 0 Å². The number of nitrogens with one attached hydrogen (secondary N) is 1. The van der Waals surface area contributed by atoms with Crippen LogP contribution in [0.4, 0.5) is 5.82 Å². The van der Waals surface area contributed by atoms with Crippen molar-refractivity contribution in [1.29, 1.82) is 0 Å². The van der Waals surface area contributed by atoms with E-state index in [1.54, 1.807) is 12.1 Å². The summed E-state index contributed by atoms with van der Waals surface area (Å²) in [5.74, 6) is 5.65. The first-order chi connectivity index (χ1) is 10.3. The van der Waals surface area contributed by atoms with E-state index in [0.29, 0.717) is 11.5 Å². The molecule has 2 fully saturated rings. The Hall–Kier alpha value is -1.73. The summed E-state index contributed by atoms with van der Waals surface area (Å²) in [6.45, 7) is 3.47. The molecule has 0 bridgehead atoms. The summed E-state index contributed by atoms with van der Waals surface area (Å²) in [6.07, 6.45) is 5.32. The lowest BCUT2D eigenvalue weighted by Gasteiger charge is -2.37. The molecule has 3 rings (SSSR count). The molecule has 114 valence electrons. The zero-order valence-corrected chi connectivity index (χ0v) is 12.2. The Bertz CT molecular complexity index is 477. The summed E-state index contributed by atoms with van der Waals surface area (Å²) < 4.78 is 0. The molecule has 2 aliphatic rings. The second kappa shape index (κ2) is 6.36. The van der Waals surface area contributed by atoms with Crippen molar-refractivity contribution in [3.8, 4) is 0 Å². The highest BCUT2D eigenvalue weighted by atomic mass is 16.2. The van der Waals surface area contributed by atoms with Gasteiger partial charge in [0.1, 0.15) is 0 Å². The van der Waals surface area contributed by atoms with Crippen LogP contribution in [0.2, 0.25) is 0 Å². The molecular weight excluding hydrogens is 268 g/mol. The number of hydrazine groups is 1. The number of aromatic nitrogens is 2. The largest absolute Gasteiger partial charge is 0.335 e. The van der Waals surface area contributed by atoms with E-state index in [0.717, 1.165) is 32.2 Å². The van der Waals surface area contributed by atoms with Crippen LogP contribution < -0.4 is 11.3 Å². The van der Waals surface area contributed by atoms with E-state index in [9.17, 15) is 4.79 Å². The van der Waals surface area contributed by atoms with E-state index in [1.165, 1.54) is 25.7 Å². The molecular formula is C14H22N6O. The summed E-state index contributed by atoms with van der Waals surface area (Å²) in [5.41, 5.74) is 2.78. The van der Waals surface area contributed by atoms with Gasteiger partial charge in [-0.3, -0.25) is 9.69 Å². The van der Waals surface area contributed by atoms with Crippen LogP contribution in [0.3, 0.4) is 0 Å². The van der Waals surface area contributed by atoms with Crippen LogP contribution in [0, 0.1) is 0 Å². The van der Waals surface area contributed by atoms with Crippen LogP contribution in [0.15, 0.2) is 12.1 Å².